The van der Waals surface area contributed by atoms with E-state index in [2.05, 4.69) is 65.8 Å². The second kappa shape index (κ2) is 7.69. The Bertz CT molecular complexity index is 686. The van der Waals surface area contributed by atoms with Crippen LogP contribution in [0, 0.1) is 58.2 Å². The molecule has 9 atom stereocenters. The summed E-state index contributed by atoms with van der Waals surface area (Å²) >= 11 is 0. The smallest absolute Gasteiger partial charge is 0.133 e. The van der Waals surface area contributed by atoms with E-state index in [1.54, 1.807) is 0 Å². The molecule has 0 amide bonds. The maximum atomic E-state index is 12.1. The van der Waals surface area contributed by atoms with Crippen LogP contribution in [0.15, 0.2) is 24.3 Å². The van der Waals surface area contributed by atoms with Crippen LogP contribution in [0.4, 0.5) is 0 Å². The lowest BCUT2D eigenvalue weighted by Crippen LogP contribution is -2.52. The van der Waals surface area contributed by atoms with Gasteiger partial charge in [-0.3, -0.25) is 4.79 Å². The van der Waals surface area contributed by atoms with E-state index in [4.69, 9.17) is 0 Å². The quantitative estimate of drug-likeness (QED) is 0.450. The Labute approximate surface area is 179 Å². The third-order valence-corrected chi connectivity index (χ3v) is 10.5. The molecule has 4 aliphatic rings. The summed E-state index contributed by atoms with van der Waals surface area (Å²) in [6.07, 6.45) is 18.4. The monoisotopic (exact) mass is 396 g/mol. The second-order valence-corrected chi connectivity index (χ2v) is 12.1. The van der Waals surface area contributed by atoms with Gasteiger partial charge in [0.15, 0.2) is 0 Å². The molecule has 0 heterocycles. The molecule has 3 saturated carbocycles. The third-order valence-electron chi connectivity index (χ3n) is 10.5. The van der Waals surface area contributed by atoms with Crippen molar-refractivity contribution in [3.63, 3.8) is 0 Å². The van der Waals surface area contributed by atoms with Crippen LogP contribution in [0.2, 0.25) is 0 Å². The molecule has 0 N–H and O–H groups in total. The van der Waals surface area contributed by atoms with Crippen molar-refractivity contribution in [2.45, 2.75) is 86.5 Å². The summed E-state index contributed by atoms with van der Waals surface area (Å²) < 4.78 is 0. The molecule has 162 valence electrons. The standard InChI is InChI=1S/C28H44O/c1-18(2)19(3)7-8-20(4)24-11-12-25-23-10-9-21-17-22(29)13-15-27(21,5)26(23)14-16-28(24,25)6/h7-10,18-21,23-26H,11-17H2,1-6H3/t19-,20+,21?,23?,24?,25?,26?,27-,28+/m0/s1. The SMILES string of the molecule is CC(C)[C@@H](C)C=C[C@@H](C)C1CCC2C3C=CC4CC(=O)CC[C@]4(C)C3CC[C@@]21C. The maximum Gasteiger partial charge on any atom is 0.133 e. The average Bonchev–Trinajstić information content (AvgIpc) is 3.03. The Hall–Kier alpha value is -0.850. The van der Waals surface area contributed by atoms with E-state index in [1.807, 2.05) is 0 Å². The first-order chi connectivity index (χ1) is 13.7. The van der Waals surface area contributed by atoms with Crippen molar-refractivity contribution in [2.24, 2.45) is 58.2 Å². The minimum absolute atomic E-state index is 0.366. The van der Waals surface area contributed by atoms with Crippen molar-refractivity contribution in [3.8, 4) is 0 Å². The van der Waals surface area contributed by atoms with E-state index >= 15 is 0 Å². The lowest BCUT2D eigenvalue weighted by Gasteiger charge is -2.58. The molecular weight excluding hydrogens is 352 g/mol. The summed E-state index contributed by atoms with van der Waals surface area (Å²) in [6.45, 7) is 14.7. The first-order valence-corrected chi connectivity index (χ1v) is 12.5. The lowest BCUT2D eigenvalue weighted by atomic mass is 9.46. The summed E-state index contributed by atoms with van der Waals surface area (Å²) in [6, 6.07) is 0. The average molecular weight is 397 g/mol. The molecule has 4 aliphatic carbocycles. The summed E-state index contributed by atoms with van der Waals surface area (Å²) in [7, 11) is 0. The van der Waals surface area contributed by atoms with Gasteiger partial charge < -0.3 is 0 Å². The van der Waals surface area contributed by atoms with Crippen molar-refractivity contribution in [2.75, 3.05) is 0 Å². The molecule has 0 aromatic heterocycles. The number of hydrogen-bond donors (Lipinski definition) is 0. The predicted octanol–water partition coefficient (Wildman–Crippen LogP) is 7.47. The summed E-state index contributed by atoms with van der Waals surface area (Å²) in [5.41, 5.74) is 0.856. The van der Waals surface area contributed by atoms with Crippen molar-refractivity contribution < 1.29 is 4.79 Å². The van der Waals surface area contributed by atoms with Crippen LogP contribution in [-0.2, 0) is 4.79 Å². The molecular formula is C28H44O. The Morgan fingerprint density at radius 2 is 1.66 bits per heavy atom. The molecule has 0 aliphatic heterocycles. The highest BCUT2D eigenvalue weighted by Gasteiger charge is 2.59. The van der Waals surface area contributed by atoms with Crippen LogP contribution in [0.3, 0.4) is 0 Å². The van der Waals surface area contributed by atoms with Gasteiger partial charge in [0.05, 0.1) is 0 Å². The highest BCUT2D eigenvalue weighted by Crippen LogP contribution is 2.66. The number of fused-ring (bicyclic) bond motifs is 5. The van der Waals surface area contributed by atoms with Gasteiger partial charge in [0.1, 0.15) is 5.78 Å². The number of rotatable bonds is 4. The van der Waals surface area contributed by atoms with Crippen LogP contribution in [0.1, 0.15) is 86.5 Å². The fourth-order valence-corrected chi connectivity index (χ4v) is 8.03. The summed E-state index contributed by atoms with van der Waals surface area (Å²) in [5.74, 6) is 6.31. The highest BCUT2D eigenvalue weighted by molar-refractivity contribution is 5.80. The molecule has 0 radical (unpaired) electrons. The summed E-state index contributed by atoms with van der Waals surface area (Å²) in [5, 5.41) is 0. The molecule has 0 spiro atoms. The molecule has 4 rings (SSSR count). The highest BCUT2D eigenvalue weighted by atomic mass is 16.1. The van der Waals surface area contributed by atoms with Gasteiger partial charge >= 0.3 is 0 Å². The normalized spacial score (nSPS) is 46.4. The van der Waals surface area contributed by atoms with Crippen LogP contribution >= 0.6 is 0 Å². The van der Waals surface area contributed by atoms with Gasteiger partial charge in [-0.15, -0.1) is 0 Å². The zero-order valence-corrected chi connectivity index (χ0v) is 19.8. The van der Waals surface area contributed by atoms with E-state index in [9.17, 15) is 4.79 Å². The van der Waals surface area contributed by atoms with Gasteiger partial charge in [0.2, 0.25) is 0 Å². The fraction of sp³-hybridized carbons (Fsp3) is 0.821. The molecule has 1 nitrogen and oxygen atoms in total. The van der Waals surface area contributed by atoms with Gasteiger partial charge in [-0.2, -0.15) is 0 Å². The number of allylic oxidation sites excluding steroid dienone is 4. The van der Waals surface area contributed by atoms with Crippen molar-refractivity contribution in [1.82, 2.24) is 0 Å². The minimum atomic E-state index is 0.366. The number of carbonyl (C=O) groups is 1. The Morgan fingerprint density at radius 3 is 2.38 bits per heavy atom. The van der Waals surface area contributed by atoms with Gasteiger partial charge in [-0.25, -0.2) is 0 Å². The van der Waals surface area contributed by atoms with Crippen LogP contribution in [0.25, 0.3) is 0 Å². The summed E-state index contributed by atoms with van der Waals surface area (Å²) in [4.78, 5) is 12.1. The Balaban J connectivity index is 1.54. The molecule has 3 fully saturated rings. The van der Waals surface area contributed by atoms with E-state index < -0.39 is 0 Å². The Morgan fingerprint density at radius 1 is 0.931 bits per heavy atom. The third kappa shape index (κ3) is 3.49. The molecule has 0 saturated heterocycles. The van der Waals surface area contributed by atoms with Crippen molar-refractivity contribution in [1.29, 1.82) is 0 Å². The predicted molar refractivity (Wildman–Crippen MR) is 122 cm³/mol. The van der Waals surface area contributed by atoms with Gasteiger partial charge in [0, 0.05) is 12.8 Å². The van der Waals surface area contributed by atoms with Crippen molar-refractivity contribution >= 4 is 5.78 Å². The zero-order valence-electron chi connectivity index (χ0n) is 19.8. The number of hydrogen-bond acceptors (Lipinski definition) is 1. The van der Waals surface area contributed by atoms with Gasteiger partial charge in [-0.05, 0) is 90.3 Å². The second-order valence-electron chi connectivity index (χ2n) is 12.1. The fourth-order valence-electron chi connectivity index (χ4n) is 8.03. The van der Waals surface area contributed by atoms with Crippen molar-refractivity contribution in [3.05, 3.63) is 24.3 Å². The first kappa shape index (κ1) is 21.4. The minimum Gasteiger partial charge on any atom is -0.300 e. The van der Waals surface area contributed by atoms with E-state index in [-0.39, 0.29) is 0 Å². The topological polar surface area (TPSA) is 17.1 Å². The molecule has 0 bridgehead atoms. The Kier molecular flexibility index (Phi) is 5.67. The van der Waals surface area contributed by atoms with Gasteiger partial charge in [-0.1, -0.05) is 65.8 Å². The first-order valence-electron chi connectivity index (χ1n) is 12.5. The van der Waals surface area contributed by atoms with E-state index in [0.717, 1.165) is 48.9 Å². The molecule has 5 unspecified atom stereocenters. The number of carbonyl (C=O) groups excluding carboxylic acids is 1. The number of ketones is 1. The molecule has 1 heteroatoms. The lowest BCUT2D eigenvalue weighted by molar-refractivity contribution is -0.128. The number of Topliss-reactive ketones (excluding diaryl/α,β-unsaturated/α-hetero) is 1. The molecule has 0 aromatic carbocycles. The molecule has 0 aromatic rings. The molecule has 29 heavy (non-hydrogen) atoms. The van der Waals surface area contributed by atoms with E-state index in [0.29, 0.717) is 34.4 Å². The zero-order chi connectivity index (χ0) is 21.0. The van der Waals surface area contributed by atoms with E-state index in [1.165, 1.54) is 25.7 Å². The van der Waals surface area contributed by atoms with Crippen LogP contribution in [0.5, 0.6) is 0 Å². The van der Waals surface area contributed by atoms with Crippen LogP contribution < -0.4 is 0 Å². The largest absolute Gasteiger partial charge is 0.300 e. The van der Waals surface area contributed by atoms with Crippen LogP contribution in [-0.4, -0.2) is 5.78 Å². The van der Waals surface area contributed by atoms with Gasteiger partial charge in [0.25, 0.3) is 0 Å². The maximum absolute atomic E-state index is 12.1.